The van der Waals surface area contributed by atoms with E-state index < -0.39 is 5.97 Å². The van der Waals surface area contributed by atoms with E-state index in [1.807, 2.05) is 20.8 Å². The minimum Gasteiger partial charge on any atom is -0.481 e. The van der Waals surface area contributed by atoms with E-state index in [9.17, 15) is 19.5 Å². The summed E-state index contributed by atoms with van der Waals surface area (Å²) in [6.45, 7) is 12.3. The summed E-state index contributed by atoms with van der Waals surface area (Å²) in [5, 5.41) is 12.7. The molecule has 0 aromatic carbocycles. The van der Waals surface area contributed by atoms with E-state index in [2.05, 4.69) is 45.6 Å². The molecule has 0 spiro atoms. The molecule has 10 nitrogen and oxygen atoms in total. The maximum atomic E-state index is 12.5. The number of carbonyl (C=O) groups excluding carboxylic acids is 2. The largest absolute Gasteiger partial charge is 0.481 e. The van der Waals surface area contributed by atoms with Crippen LogP contribution in [0.4, 0.5) is 0 Å². The predicted molar refractivity (Wildman–Crippen MR) is 161 cm³/mol. The van der Waals surface area contributed by atoms with Crippen molar-refractivity contribution in [2.75, 3.05) is 0 Å². The molecule has 2 aromatic rings. The third-order valence-electron chi connectivity index (χ3n) is 10.3. The first-order chi connectivity index (χ1) is 20.5. The van der Waals surface area contributed by atoms with Gasteiger partial charge in [0.05, 0.1) is 12.1 Å². The molecule has 4 aliphatic rings. The fourth-order valence-electron chi connectivity index (χ4n) is 7.37. The van der Waals surface area contributed by atoms with Crippen molar-refractivity contribution in [3.63, 3.8) is 0 Å². The monoisotopic (exact) mass is 591 g/mol. The lowest BCUT2D eigenvalue weighted by Gasteiger charge is -2.19. The highest BCUT2D eigenvalue weighted by molar-refractivity contribution is 6.19. The quantitative estimate of drug-likeness (QED) is 0.156. The van der Waals surface area contributed by atoms with Gasteiger partial charge in [-0.15, -0.1) is 0 Å². The van der Waals surface area contributed by atoms with E-state index in [1.165, 1.54) is 11.1 Å². The van der Waals surface area contributed by atoms with Gasteiger partial charge in [-0.1, -0.05) is 27.2 Å². The van der Waals surface area contributed by atoms with Gasteiger partial charge < -0.3 is 20.4 Å². The van der Waals surface area contributed by atoms with Crippen LogP contribution in [0.2, 0.25) is 0 Å². The highest BCUT2D eigenvalue weighted by Gasteiger charge is 2.83. The van der Waals surface area contributed by atoms with E-state index in [-0.39, 0.29) is 42.4 Å². The van der Waals surface area contributed by atoms with Gasteiger partial charge in [0.1, 0.15) is 0 Å². The fraction of sp³-hybridized carbons (Fsp3) is 0.576. The van der Waals surface area contributed by atoms with Crippen molar-refractivity contribution >= 4 is 23.5 Å². The Bertz CT molecular complexity index is 1550. The van der Waals surface area contributed by atoms with Crippen molar-refractivity contribution < 1.29 is 28.9 Å². The topological polar surface area (TPSA) is 143 Å². The molecule has 2 amide bonds. The predicted octanol–water partition coefficient (Wildman–Crippen LogP) is 4.27. The van der Waals surface area contributed by atoms with Crippen molar-refractivity contribution in [3.8, 4) is 0 Å². The Balaban J connectivity index is 1.32. The number of allylic oxidation sites excluding steroid dienone is 1. The molecule has 6 rings (SSSR count). The average Bonchev–Trinajstić information content (AvgIpc) is 3.77. The number of carboxylic acid groups (broad SMARTS) is 1. The Hall–Kier alpha value is -3.50. The Morgan fingerprint density at radius 1 is 0.977 bits per heavy atom. The smallest absolute Gasteiger partial charge is 0.445 e. The van der Waals surface area contributed by atoms with Crippen LogP contribution in [0.15, 0.2) is 16.1 Å². The molecule has 0 aliphatic carbocycles. The highest BCUT2D eigenvalue weighted by atomic mass is 17.5. The standard InChI is InChI=1S/C33H42N4O6/c1-7-19-18(6)31(40)37-26(19)13-24-16(4)21(9-10-30(38)39)27(34-24)14-28-22(11-29-33-42-43(29)33)17(5)23(35-28)12-25-15(3)20(8-2)32(41)36-25/h18-19,26,29,33-35H,7-14H2,1-6H3,(H-,37,38,39,40)/p+1/t18-,19-,26?,29+,33+/m1/s1. The minimum atomic E-state index is -0.824. The molecule has 10 heteroatoms. The Morgan fingerprint density at radius 3 is 2.26 bits per heavy atom. The van der Waals surface area contributed by atoms with Crippen molar-refractivity contribution in [2.45, 2.75) is 111 Å². The number of aromatic amines is 2. The Labute approximate surface area is 252 Å². The van der Waals surface area contributed by atoms with E-state index >= 15 is 0 Å². The van der Waals surface area contributed by atoms with Gasteiger partial charge in [0.15, 0.2) is 0 Å². The number of aliphatic imine (C=N–C) groups is 1. The lowest BCUT2D eigenvalue weighted by Crippen LogP contribution is -2.31. The number of amides is 2. The number of carbonyl (C=O) groups is 3. The third kappa shape index (κ3) is 5.40. The van der Waals surface area contributed by atoms with Crippen molar-refractivity contribution in [2.24, 2.45) is 16.8 Å². The molecule has 0 radical (unpaired) electrons. The van der Waals surface area contributed by atoms with Gasteiger partial charge in [-0.25, -0.2) is 4.99 Å². The van der Waals surface area contributed by atoms with Crippen LogP contribution in [0.25, 0.3) is 0 Å². The molecule has 0 saturated carbocycles. The third-order valence-corrected chi connectivity index (χ3v) is 10.3. The number of epoxide rings is 1. The summed E-state index contributed by atoms with van der Waals surface area (Å²) >= 11 is 0. The van der Waals surface area contributed by atoms with Crippen LogP contribution in [0.3, 0.4) is 0 Å². The van der Waals surface area contributed by atoms with Gasteiger partial charge in [-0.05, 0) is 72.2 Å². The van der Waals surface area contributed by atoms with E-state index in [1.54, 1.807) is 0 Å². The first-order valence-electron chi connectivity index (χ1n) is 15.6. The molecule has 2 aromatic heterocycles. The van der Waals surface area contributed by atoms with Crippen molar-refractivity contribution in [1.29, 1.82) is 0 Å². The van der Waals surface area contributed by atoms with Crippen LogP contribution in [-0.4, -0.2) is 57.0 Å². The summed E-state index contributed by atoms with van der Waals surface area (Å²) in [6.07, 6.45) is 5.18. The van der Waals surface area contributed by atoms with Crippen molar-refractivity contribution in [1.82, 2.24) is 15.3 Å². The zero-order chi connectivity index (χ0) is 30.7. The minimum absolute atomic E-state index is 0.0167. The summed E-state index contributed by atoms with van der Waals surface area (Å²) in [5.41, 5.74) is 11.3. The van der Waals surface area contributed by atoms with Gasteiger partial charge in [-0.3, -0.25) is 14.4 Å². The maximum absolute atomic E-state index is 12.5. The fourth-order valence-corrected chi connectivity index (χ4v) is 7.37. The summed E-state index contributed by atoms with van der Waals surface area (Å²) in [4.78, 5) is 53.6. The Kier molecular flexibility index (Phi) is 7.71. The van der Waals surface area contributed by atoms with Gasteiger partial charge in [0.25, 0.3) is 5.91 Å². The molecule has 0 bridgehead atoms. The number of hydrogen-bond acceptors (Lipinski definition) is 4. The molecule has 6 heterocycles. The summed E-state index contributed by atoms with van der Waals surface area (Å²) in [7, 11) is 0. The molecule has 4 N–H and O–H groups in total. The van der Waals surface area contributed by atoms with E-state index in [0.717, 1.165) is 63.6 Å². The van der Waals surface area contributed by atoms with E-state index in [4.69, 9.17) is 4.89 Å². The molecule has 3 saturated heterocycles. The van der Waals surface area contributed by atoms with E-state index in [0.29, 0.717) is 38.2 Å². The summed E-state index contributed by atoms with van der Waals surface area (Å²) < 4.78 is 2.81. The first-order valence-corrected chi connectivity index (χ1v) is 15.6. The maximum Gasteiger partial charge on any atom is 0.445 e. The number of aliphatic carboxylic acids is 1. The van der Waals surface area contributed by atoms with Crippen LogP contribution < -0.4 is 5.32 Å². The van der Waals surface area contributed by atoms with Crippen molar-refractivity contribution in [3.05, 3.63) is 56.2 Å². The number of nitrogens with zero attached hydrogens (tertiary/aromatic N) is 1. The normalized spacial score (nSPS) is 26.3. The zero-order valence-electron chi connectivity index (χ0n) is 26.0. The molecule has 3 fully saturated rings. The van der Waals surface area contributed by atoms with Gasteiger partial charge in [-0.2, -0.15) is 4.52 Å². The first kappa shape index (κ1) is 29.6. The molecule has 43 heavy (non-hydrogen) atoms. The number of rotatable bonds is 13. The van der Waals surface area contributed by atoms with Crippen LogP contribution in [0.1, 0.15) is 92.0 Å². The summed E-state index contributed by atoms with van der Waals surface area (Å²) in [6, 6.07) is 0.0480. The second kappa shape index (κ2) is 11.2. The van der Waals surface area contributed by atoms with Crippen LogP contribution >= 0.6 is 0 Å². The molecule has 4 aliphatic heterocycles. The van der Waals surface area contributed by atoms with Gasteiger partial charge in [0.2, 0.25) is 5.91 Å². The SMILES string of the molecule is CCC1=C(C)C(Cc2[nH]c(Cc3[nH]c(CC4NC(=O)[C@H](C)[C@H]4CC)c(C)c3CCC(=O)O)c(C[C@H]3[C@H]4O[O+]43)c2C)=NC1=O. The highest BCUT2D eigenvalue weighted by Crippen LogP contribution is 2.54. The second-order valence-corrected chi connectivity index (χ2v) is 12.7. The van der Waals surface area contributed by atoms with Crippen LogP contribution in [-0.2, 0) is 55.9 Å². The van der Waals surface area contributed by atoms with Gasteiger partial charge >= 0.3 is 18.4 Å². The number of carboxylic acids is 1. The Morgan fingerprint density at radius 2 is 1.65 bits per heavy atom. The molecule has 1 unspecified atom stereocenters. The number of H-pyrrole nitrogens is 2. The number of aromatic nitrogens is 2. The number of fused-ring (bicyclic) bond motifs is 1. The zero-order valence-corrected chi connectivity index (χ0v) is 26.0. The number of hydrogen-bond donors (Lipinski definition) is 4. The molecular weight excluding hydrogens is 548 g/mol. The second-order valence-electron chi connectivity index (χ2n) is 12.7. The lowest BCUT2D eigenvalue weighted by molar-refractivity contribution is -0.155. The van der Waals surface area contributed by atoms with Gasteiger partial charge in [0, 0.05) is 66.0 Å². The van der Waals surface area contributed by atoms with Crippen LogP contribution in [0.5, 0.6) is 0 Å². The summed E-state index contributed by atoms with van der Waals surface area (Å²) in [5.74, 6) is -0.605. The lowest BCUT2D eigenvalue weighted by atomic mass is 9.87. The average molecular weight is 592 g/mol. The van der Waals surface area contributed by atoms with Crippen LogP contribution in [0, 0.1) is 25.7 Å². The molecule has 230 valence electrons. The number of nitrogens with one attached hydrogen (secondary N) is 3. The molecule has 5 atom stereocenters. The molecular formula is C33H43N4O6+.